The molecular weight excluding hydrogens is 370 g/mol. The van der Waals surface area contributed by atoms with Crippen LogP contribution < -0.4 is 15.6 Å². The molecule has 6 heteroatoms. The molecule has 0 bridgehead atoms. The van der Waals surface area contributed by atoms with Crippen molar-refractivity contribution in [1.82, 2.24) is 15.2 Å². The van der Waals surface area contributed by atoms with Crippen molar-refractivity contribution in [2.45, 2.75) is 71.5 Å². The number of thiocarbonyl (C=S) groups is 1. The van der Waals surface area contributed by atoms with Gasteiger partial charge in [-0.3, -0.25) is 4.79 Å². The summed E-state index contributed by atoms with van der Waals surface area (Å²) >= 11 is 5.73. The molecule has 0 amide bonds. The van der Waals surface area contributed by atoms with Gasteiger partial charge >= 0.3 is 0 Å². The number of pyridine rings is 1. The molecule has 1 fully saturated rings. The van der Waals surface area contributed by atoms with Crippen molar-refractivity contribution in [3.05, 3.63) is 40.2 Å². The van der Waals surface area contributed by atoms with Gasteiger partial charge in [0.1, 0.15) is 5.75 Å². The van der Waals surface area contributed by atoms with Gasteiger partial charge in [0.2, 0.25) is 0 Å². The lowest BCUT2D eigenvalue weighted by Crippen LogP contribution is -2.47. The van der Waals surface area contributed by atoms with Crippen molar-refractivity contribution in [2.24, 2.45) is 0 Å². The molecule has 1 aliphatic carbocycles. The van der Waals surface area contributed by atoms with E-state index in [4.69, 9.17) is 17.0 Å². The molecule has 0 spiro atoms. The van der Waals surface area contributed by atoms with Gasteiger partial charge in [0, 0.05) is 28.6 Å². The van der Waals surface area contributed by atoms with E-state index in [1.165, 1.54) is 12.8 Å². The molecule has 0 radical (unpaired) electrons. The van der Waals surface area contributed by atoms with E-state index in [0.29, 0.717) is 25.2 Å². The van der Waals surface area contributed by atoms with Gasteiger partial charge in [0.25, 0.3) is 5.56 Å². The van der Waals surface area contributed by atoms with Crippen molar-refractivity contribution < 1.29 is 4.74 Å². The highest BCUT2D eigenvalue weighted by Crippen LogP contribution is 2.26. The molecule has 5 nitrogen and oxygen atoms in total. The smallest absolute Gasteiger partial charge is 0.253 e. The van der Waals surface area contributed by atoms with Crippen LogP contribution in [0.2, 0.25) is 0 Å². The van der Waals surface area contributed by atoms with Crippen molar-refractivity contribution in [3.8, 4) is 5.75 Å². The summed E-state index contributed by atoms with van der Waals surface area (Å²) in [6, 6.07) is 8.46. The first-order valence-electron chi connectivity index (χ1n) is 10.4. The van der Waals surface area contributed by atoms with Crippen molar-refractivity contribution in [1.29, 1.82) is 0 Å². The second-order valence-corrected chi connectivity index (χ2v) is 8.02. The van der Waals surface area contributed by atoms with Crippen molar-refractivity contribution >= 4 is 28.2 Å². The predicted octanol–water partition coefficient (Wildman–Crippen LogP) is 4.34. The molecule has 28 heavy (non-hydrogen) atoms. The highest BCUT2D eigenvalue weighted by atomic mass is 32.1. The van der Waals surface area contributed by atoms with E-state index in [9.17, 15) is 4.79 Å². The van der Waals surface area contributed by atoms with Gasteiger partial charge in [-0.1, -0.05) is 19.8 Å². The zero-order chi connectivity index (χ0) is 20.1. The second-order valence-electron chi connectivity index (χ2n) is 7.63. The van der Waals surface area contributed by atoms with Gasteiger partial charge in [-0.05, 0) is 69.6 Å². The second kappa shape index (κ2) is 9.41. The number of H-pyrrole nitrogens is 1. The summed E-state index contributed by atoms with van der Waals surface area (Å²) in [6.45, 7) is 7.39. The van der Waals surface area contributed by atoms with Crippen LogP contribution in [0.5, 0.6) is 5.75 Å². The van der Waals surface area contributed by atoms with Crippen molar-refractivity contribution in [2.75, 3.05) is 6.61 Å². The minimum absolute atomic E-state index is 0.0500. The van der Waals surface area contributed by atoms with Crippen LogP contribution in [0, 0.1) is 0 Å². The Bertz CT molecular complexity index is 874. The molecular formula is C22H31N3O2S. The lowest BCUT2D eigenvalue weighted by molar-refractivity contribution is 0.299. The molecule has 1 aliphatic rings. The third kappa shape index (κ3) is 4.85. The summed E-state index contributed by atoms with van der Waals surface area (Å²) in [5.41, 5.74) is 1.51. The Morgan fingerprint density at radius 2 is 2.07 bits per heavy atom. The summed E-state index contributed by atoms with van der Waals surface area (Å²) in [7, 11) is 0. The molecule has 1 aromatic carbocycles. The van der Waals surface area contributed by atoms with Gasteiger partial charge in [0.15, 0.2) is 5.11 Å². The SMILES string of the molecule is CCOc1ccc2[nH]c(=O)c(CN(C(=S)NC(C)CC)C3CCCC3)cc2c1. The zero-order valence-electron chi connectivity index (χ0n) is 17.1. The monoisotopic (exact) mass is 401 g/mol. The lowest BCUT2D eigenvalue weighted by Gasteiger charge is -2.33. The zero-order valence-corrected chi connectivity index (χ0v) is 17.9. The van der Waals surface area contributed by atoms with Crippen LogP contribution >= 0.6 is 12.2 Å². The molecule has 2 aromatic rings. The number of hydrogen-bond acceptors (Lipinski definition) is 3. The number of nitrogens with one attached hydrogen (secondary N) is 2. The third-order valence-corrected chi connectivity index (χ3v) is 5.91. The standard InChI is InChI=1S/C22H31N3O2S/c1-4-15(3)23-22(28)25(18-8-6-7-9-18)14-17-12-16-13-19(27-5-2)10-11-20(16)24-21(17)26/h10-13,15,18H,4-9,14H2,1-3H3,(H,23,28)(H,24,26). The van der Waals surface area contributed by atoms with E-state index in [2.05, 4.69) is 29.0 Å². The molecule has 3 rings (SSSR count). The van der Waals surface area contributed by atoms with Crippen LogP contribution in [0.25, 0.3) is 10.9 Å². The fourth-order valence-corrected chi connectivity index (χ4v) is 4.18. The maximum absolute atomic E-state index is 12.7. The lowest BCUT2D eigenvalue weighted by atomic mass is 10.1. The van der Waals surface area contributed by atoms with Crippen LogP contribution in [0.4, 0.5) is 0 Å². The number of rotatable bonds is 7. The highest BCUT2D eigenvalue weighted by molar-refractivity contribution is 7.80. The summed E-state index contributed by atoms with van der Waals surface area (Å²) in [4.78, 5) is 18.0. The van der Waals surface area contributed by atoms with Gasteiger partial charge in [-0.2, -0.15) is 0 Å². The number of benzene rings is 1. The number of nitrogens with zero attached hydrogens (tertiary/aromatic N) is 1. The molecule has 0 saturated heterocycles. The van der Waals surface area contributed by atoms with Gasteiger partial charge in [-0.15, -0.1) is 0 Å². The summed E-state index contributed by atoms with van der Waals surface area (Å²) < 4.78 is 5.61. The fourth-order valence-electron chi connectivity index (χ4n) is 3.77. The Labute approximate surface area is 172 Å². The Morgan fingerprint density at radius 1 is 1.32 bits per heavy atom. The first kappa shape index (κ1) is 20.6. The van der Waals surface area contributed by atoms with E-state index in [0.717, 1.165) is 46.6 Å². The van der Waals surface area contributed by atoms with Gasteiger partial charge in [-0.25, -0.2) is 0 Å². The van der Waals surface area contributed by atoms with E-state index in [-0.39, 0.29) is 5.56 Å². The quantitative estimate of drug-likeness (QED) is 0.676. The van der Waals surface area contributed by atoms with Gasteiger partial charge in [0.05, 0.1) is 13.2 Å². The Kier molecular flexibility index (Phi) is 6.94. The van der Waals surface area contributed by atoms with E-state index in [1.54, 1.807) is 0 Å². The Morgan fingerprint density at radius 3 is 2.75 bits per heavy atom. The molecule has 1 heterocycles. The first-order valence-corrected chi connectivity index (χ1v) is 10.8. The predicted molar refractivity (Wildman–Crippen MR) is 119 cm³/mol. The van der Waals surface area contributed by atoms with E-state index >= 15 is 0 Å². The normalized spacial score (nSPS) is 15.5. The largest absolute Gasteiger partial charge is 0.494 e. The van der Waals surface area contributed by atoms with E-state index in [1.807, 2.05) is 31.2 Å². The fraction of sp³-hybridized carbons (Fsp3) is 0.545. The molecule has 1 saturated carbocycles. The minimum Gasteiger partial charge on any atom is -0.494 e. The molecule has 0 aliphatic heterocycles. The summed E-state index contributed by atoms with van der Waals surface area (Å²) in [5, 5.41) is 5.17. The van der Waals surface area contributed by atoms with Crippen molar-refractivity contribution in [3.63, 3.8) is 0 Å². The number of fused-ring (bicyclic) bond motifs is 1. The Hall–Kier alpha value is -2.08. The summed E-state index contributed by atoms with van der Waals surface area (Å²) in [5.74, 6) is 0.814. The van der Waals surface area contributed by atoms with Crippen LogP contribution in [-0.2, 0) is 6.54 Å². The molecule has 152 valence electrons. The van der Waals surface area contributed by atoms with Crippen LogP contribution in [0.3, 0.4) is 0 Å². The number of hydrogen-bond donors (Lipinski definition) is 2. The van der Waals surface area contributed by atoms with Crippen LogP contribution in [-0.4, -0.2) is 33.7 Å². The van der Waals surface area contributed by atoms with E-state index < -0.39 is 0 Å². The van der Waals surface area contributed by atoms with Crippen LogP contribution in [0.15, 0.2) is 29.1 Å². The van der Waals surface area contributed by atoms with Crippen LogP contribution in [0.1, 0.15) is 58.4 Å². The average Bonchev–Trinajstić information content (AvgIpc) is 3.20. The summed E-state index contributed by atoms with van der Waals surface area (Å²) in [6.07, 6.45) is 5.71. The maximum atomic E-state index is 12.7. The maximum Gasteiger partial charge on any atom is 0.253 e. The first-order chi connectivity index (χ1) is 13.5. The number of ether oxygens (including phenoxy) is 1. The molecule has 1 aromatic heterocycles. The minimum atomic E-state index is -0.0500. The molecule has 1 unspecified atom stereocenters. The topological polar surface area (TPSA) is 57.4 Å². The number of aromatic amines is 1. The molecule has 1 atom stereocenters. The highest BCUT2D eigenvalue weighted by Gasteiger charge is 2.26. The average molecular weight is 402 g/mol. The third-order valence-electron chi connectivity index (χ3n) is 5.55. The molecule has 2 N–H and O–H groups in total. The Balaban J connectivity index is 1.90. The van der Waals surface area contributed by atoms with Gasteiger partial charge < -0.3 is 19.9 Å². The number of aromatic nitrogens is 1.